The minimum Gasteiger partial charge on any atom is -0.497 e. The number of benzene rings is 1. The Kier molecular flexibility index (Phi) is 7.45. The predicted octanol–water partition coefficient (Wildman–Crippen LogP) is 3.47. The highest BCUT2D eigenvalue weighted by Gasteiger charge is 2.14. The molecular weight excluding hydrogens is 380 g/mol. The van der Waals surface area contributed by atoms with E-state index in [2.05, 4.69) is 20.3 Å². The Morgan fingerprint density at radius 2 is 2.03 bits per heavy atom. The van der Waals surface area contributed by atoms with Crippen LogP contribution in [0.5, 0.6) is 5.75 Å². The number of aliphatic hydroxyl groups excluding tert-OH is 1. The average Bonchev–Trinajstić information content (AvgIpc) is 2.76. The monoisotopic (exact) mass is 406 g/mol. The lowest BCUT2D eigenvalue weighted by atomic mass is 10.0. The fraction of sp³-hybridized carbons (Fsp3) is 0.304. The third kappa shape index (κ3) is 5.84. The van der Waals surface area contributed by atoms with E-state index >= 15 is 0 Å². The highest BCUT2D eigenvalue weighted by Crippen LogP contribution is 2.21. The summed E-state index contributed by atoms with van der Waals surface area (Å²) in [6.07, 6.45) is 5.07. The number of nitrogens with zero attached hydrogens (tertiary/aromatic N) is 3. The number of methoxy groups -OCH3 is 1. The number of carbonyl (C=O) groups excluding carboxylic acids is 1. The van der Waals surface area contributed by atoms with Crippen molar-refractivity contribution >= 4 is 11.6 Å². The Balaban J connectivity index is 1.87. The number of Topliss-reactive ketones (excluding diaryl/α,β-unsaturated/α-hetero) is 1. The van der Waals surface area contributed by atoms with E-state index < -0.39 is 0 Å². The number of carbonyl (C=O) groups is 1. The lowest BCUT2D eigenvalue weighted by molar-refractivity contribution is 0.0991. The van der Waals surface area contributed by atoms with E-state index in [-0.39, 0.29) is 18.8 Å². The van der Waals surface area contributed by atoms with Crippen LogP contribution in [0.25, 0.3) is 11.4 Å². The van der Waals surface area contributed by atoms with Gasteiger partial charge in [0.1, 0.15) is 11.6 Å². The Morgan fingerprint density at radius 3 is 2.77 bits per heavy atom. The molecule has 0 saturated carbocycles. The zero-order chi connectivity index (χ0) is 21.3. The molecule has 0 amide bonds. The summed E-state index contributed by atoms with van der Waals surface area (Å²) in [4.78, 5) is 26.2. The first-order valence-corrected chi connectivity index (χ1v) is 9.91. The fourth-order valence-corrected chi connectivity index (χ4v) is 3.05. The van der Waals surface area contributed by atoms with Gasteiger partial charge in [-0.3, -0.25) is 9.78 Å². The van der Waals surface area contributed by atoms with Gasteiger partial charge in [0.2, 0.25) is 0 Å². The molecule has 0 aliphatic carbocycles. The molecule has 0 atom stereocenters. The standard InChI is InChI=1S/C23H26N4O3/c1-16-10-18(12-20(11-16)30-2)21(29)13-19-14-22(25-8-3-4-9-28)27-23(26-19)17-6-5-7-24-15-17/h5-7,10-12,14-15,28H,3-4,8-9,13H2,1-2H3,(H,25,26,27). The number of aryl methyl sites for hydroxylation is 1. The van der Waals surface area contributed by atoms with Gasteiger partial charge in [0.25, 0.3) is 0 Å². The van der Waals surface area contributed by atoms with Crippen molar-refractivity contribution in [2.75, 3.05) is 25.6 Å². The summed E-state index contributed by atoms with van der Waals surface area (Å²) in [5.41, 5.74) is 2.95. The molecule has 0 saturated heterocycles. The van der Waals surface area contributed by atoms with E-state index in [1.54, 1.807) is 31.6 Å². The molecule has 2 heterocycles. The summed E-state index contributed by atoms with van der Waals surface area (Å²) in [6.45, 7) is 2.76. The highest BCUT2D eigenvalue weighted by atomic mass is 16.5. The zero-order valence-corrected chi connectivity index (χ0v) is 17.3. The molecule has 3 aromatic rings. The first-order valence-electron chi connectivity index (χ1n) is 9.91. The summed E-state index contributed by atoms with van der Waals surface area (Å²) >= 11 is 0. The molecule has 30 heavy (non-hydrogen) atoms. The molecule has 1 aromatic carbocycles. The first kappa shape index (κ1) is 21.4. The maximum absolute atomic E-state index is 12.9. The Labute approximate surface area is 176 Å². The van der Waals surface area contributed by atoms with Crippen molar-refractivity contribution in [1.29, 1.82) is 0 Å². The summed E-state index contributed by atoms with van der Waals surface area (Å²) < 4.78 is 5.28. The number of ketones is 1. The maximum Gasteiger partial charge on any atom is 0.168 e. The van der Waals surface area contributed by atoms with Crippen LogP contribution in [0.4, 0.5) is 5.82 Å². The third-order valence-electron chi connectivity index (χ3n) is 4.54. The van der Waals surface area contributed by atoms with Gasteiger partial charge in [-0.15, -0.1) is 0 Å². The normalized spacial score (nSPS) is 10.6. The van der Waals surface area contributed by atoms with Gasteiger partial charge in [-0.25, -0.2) is 9.97 Å². The molecule has 2 aromatic heterocycles. The molecule has 0 bridgehead atoms. The number of pyridine rings is 1. The van der Waals surface area contributed by atoms with Crippen molar-refractivity contribution in [3.8, 4) is 17.1 Å². The van der Waals surface area contributed by atoms with Crippen molar-refractivity contribution < 1.29 is 14.6 Å². The van der Waals surface area contributed by atoms with Crippen LogP contribution in [-0.2, 0) is 6.42 Å². The largest absolute Gasteiger partial charge is 0.497 e. The molecule has 2 N–H and O–H groups in total. The van der Waals surface area contributed by atoms with Gasteiger partial charge in [-0.2, -0.15) is 0 Å². The van der Waals surface area contributed by atoms with Crippen molar-refractivity contribution in [1.82, 2.24) is 15.0 Å². The van der Waals surface area contributed by atoms with Crippen LogP contribution in [0.1, 0.15) is 34.5 Å². The van der Waals surface area contributed by atoms with Gasteiger partial charge in [0.05, 0.1) is 19.2 Å². The van der Waals surface area contributed by atoms with Crippen molar-refractivity contribution in [3.05, 3.63) is 65.6 Å². The van der Waals surface area contributed by atoms with Gasteiger partial charge in [0.15, 0.2) is 11.6 Å². The van der Waals surface area contributed by atoms with Crippen LogP contribution in [-0.4, -0.2) is 46.1 Å². The molecule has 0 aliphatic heterocycles. The number of anilines is 1. The number of ether oxygens (including phenoxy) is 1. The highest BCUT2D eigenvalue weighted by molar-refractivity contribution is 5.98. The first-order chi connectivity index (χ1) is 14.6. The summed E-state index contributed by atoms with van der Waals surface area (Å²) in [7, 11) is 1.59. The molecule has 3 rings (SSSR count). The van der Waals surface area contributed by atoms with Crippen LogP contribution < -0.4 is 10.1 Å². The summed E-state index contributed by atoms with van der Waals surface area (Å²) in [5, 5.41) is 12.2. The molecular formula is C23H26N4O3. The lowest BCUT2D eigenvalue weighted by Gasteiger charge is -2.11. The molecule has 0 fully saturated rings. The summed E-state index contributed by atoms with van der Waals surface area (Å²) in [6, 6.07) is 11.0. The van der Waals surface area contributed by atoms with E-state index in [0.717, 1.165) is 17.5 Å². The van der Waals surface area contributed by atoms with Gasteiger partial charge < -0.3 is 15.2 Å². The van der Waals surface area contributed by atoms with Gasteiger partial charge in [-0.05, 0) is 55.7 Å². The number of rotatable bonds is 10. The van der Waals surface area contributed by atoms with Gasteiger partial charge in [0, 0.05) is 42.7 Å². The lowest BCUT2D eigenvalue weighted by Crippen LogP contribution is -2.10. The number of aliphatic hydroxyl groups is 1. The molecule has 7 nitrogen and oxygen atoms in total. The van der Waals surface area contributed by atoms with Crippen LogP contribution in [0.3, 0.4) is 0 Å². The second-order valence-electron chi connectivity index (χ2n) is 7.01. The SMILES string of the molecule is COc1cc(C)cc(C(=O)Cc2cc(NCCCCO)nc(-c3cccnc3)n2)c1. The summed E-state index contributed by atoms with van der Waals surface area (Å²) in [5.74, 6) is 1.77. The van der Waals surface area contributed by atoms with Crippen LogP contribution in [0.2, 0.25) is 0 Å². The Hall–Kier alpha value is -3.32. The number of nitrogens with one attached hydrogen (secondary N) is 1. The van der Waals surface area contributed by atoms with E-state index in [1.165, 1.54) is 0 Å². The third-order valence-corrected chi connectivity index (χ3v) is 4.54. The molecule has 156 valence electrons. The number of unbranched alkanes of at least 4 members (excludes halogenated alkanes) is 1. The smallest absolute Gasteiger partial charge is 0.168 e. The number of hydrogen-bond donors (Lipinski definition) is 2. The molecule has 7 heteroatoms. The predicted molar refractivity (Wildman–Crippen MR) is 116 cm³/mol. The second-order valence-corrected chi connectivity index (χ2v) is 7.01. The van der Waals surface area contributed by atoms with E-state index in [4.69, 9.17) is 9.84 Å². The molecule has 0 unspecified atom stereocenters. The zero-order valence-electron chi connectivity index (χ0n) is 17.3. The fourth-order valence-electron chi connectivity index (χ4n) is 3.05. The quantitative estimate of drug-likeness (QED) is 0.393. The van der Waals surface area contributed by atoms with E-state index in [9.17, 15) is 4.79 Å². The second kappa shape index (κ2) is 10.5. The van der Waals surface area contributed by atoms with Crippen molar-refractivity contribution in [2.24, 2.45) is 0 Å². The Morgan fingerprint density at radius 1 is 1.17 bits per heavy atom. The number of hydrogen-bond acceptors (Lipinski definition) is 7. The van der Waals surface area contributed by atoms with Crippen LogP contribution in [0.15, 0.2) is 48.8 Å². The molecule has 0 aliphatic rings. The minimum absolute atomic E-state index is 0.0425. The molecule has 0 spiro atoms. The van der Waals surface area contributed by atoms with E-state index in [1.807, 2.05) is 31.2 Å². The average molecular weight is 406 g/mol. The number of aromatic nitrogens is 3. The van der Waals surface area contributed by atoms with Crippen LogP contribution >= 0.6 is 0 Å². The van der Waals surface area contributed by atoms with E-state index in [0.29, 0.717) is 41.6 Å². The Bertz CT molecular complexity index is 993. The van der Waals surface area contributed by atoms with Gasteiger partial charge in [-0.1, -0.05) is 0 Å². The minimum atomic E-state index is -0.0425. The molecule has 0 radical (unpaired) electrons. The van der Waals surface area contributed by atoms with Gasteiger partial charge >= 0.3 is 0 Å². The van der Waals surface area contributed by atoms with Crippen molar-refractivity contribution in [2.45, 2.75) is 26.2 Å². The topological polar surface area (TPSA) is 97.2 Å². The van der Waals surface area contributed by atoms with Crippen molar-refractivity contribution in [3.63, 3.8) is 0 Å². The maximum atomic E-state index is 12.9. The van der Waals surface area contributed by atoms with Crippen LogP contribution in [0, 0.1) is 6.92 Å².